The Balaban J connectivity index is 2.64. The number of furan rings is 1. The summed E-state index contributed by atoms with van der Waals surface area (Å²) in [6.07, 6.45) is 1.02. The monoisotopic (exact) mass is 193 g/mol. The van der Waals surface area contributed by atoms with E-state index in [1.54, 1.807) is 19.2 Å². The lowest BCUT2D eigenvalue weighted by atomic mass is 10.2. The number of methoxy groups -OCH3 is 1. The van der Waals surface area contributed by atoms with Crippen LogP contribution < -0.4 is 4.74 Å². The Bertz CT molecular complexity index is 448. The molecule has 2 heterocycles. The second-order valence-corrected chi connectivity index (χ2v) is 3.06. The van der Waals surface area contributed by atoms with Gasteiger partial charge in [-0.05, 0) is 19.1 Å². The van der Waals surface area contributed by atoms with E-state index in [-0.39, 0.29) is 0 Å². The van der Waals surface area contributed by atoms with Gasteiger partial charge in [0.2, 0.25) is 0 Å². The Morgan fingerprint density at radius 1 is 1.57 bits per heavy atom. The van der Waals surface area contributed by atoms with E-state index < -0.39 is 6.10 Å². The second kappa shape index (κ2) is 3.31. The smallest absolute Gasteiger partial charge is 0.258 e. The highest BCUT2D eigenvalue weighted by molar-refractivity contribution is 5.81. The fraction of sp³-hybridized carbons (Fsp3) is 0.300. The van der Waals surface area contributed by atoms with E-state index in [2.05, 4.69) is 4.98 Å². The maximum Gasteiger partial charge on any atom is 0.258 e. The van der Waals surface area contributed by atoms with Gasteiger partial charge in [-0.1, -0.05) is 0 Å². The van der Waals surface area contributed by atoms with Crippen molar-refractivity contribution >= 4 is 11.0 Å². The molecule has 1 unspecified atom stereocenters. The van der Waals surface area contributed by atoms with Crippen molar-refractivity contribution < 1.29 is 14.3 Å². The average Bonchev–Trinajstić information content (AvgIpc) is 2.60. The standard InChI is InChI=1S/C10H11NO3/c1-6(12)8-5-7-3-4-11-10(13-2)9(7)14-8/h3-6,12H,1-2H3. The number of hydrogen-bond acceptors (Lipinski definition) is 4. The fourth-order valence-corrected chi connectivity index (χ4v) is 1.31. The van der Waals surface area contributed by atoms with Crippen molar-refractivity contribution in [2.45, 2.75) is 13.0 Å². The molecule has 0 bridgehead atoms. The van der Waals surface area contributed by atoms with E-state index in [1.165, 1.54) is 7.11 Å². The summed E-state index contributed by atoms with van der Waals surface area (Å²) >= 11 is 0. The Labute approximate surface area is 81.1 Å². The number of aliphatic hydroxyl groups excluding tert-OH is 1. The molecule has 4 heteroatoms. The molecule has 2 aromatic rings. The molecule has 2 aromatic heterocycles. The normalized spacial score (nSPS) is 13.1. The number of hydrogen-bond donors (Lipinski definition) is 1. The van der Waals surface area contributed by atoms with Crippen LogP contribution in [0.2, 0.25) is 0 Å². The number of rotatable bonds is 2. The molecule has 0 saturated heterocycles. The summed E-state index contributed by atoms with van der Waals surface area (Å²) in [7, 11) is 1.53. The van der Waals surface area contributed by atoms with E-state index in [9.17, 15) is 5.11 Å². The van der Waals surface area contributed by atoms with E-state index >= 15 is 0 Å². The minimum Gasteiger partial charge on any atom is -0.478 e. The molecule has 0 radical (unpaired) electrons. The first-order valence-corrected chi connectivity index (χ1v) is 4.33. The molecular weight excluding hydrogens is 182 g/mol. The molecule has 0 amide bonds. The van der Waals surface area contributed by atoms with E-state index in [0.29, 0.717) is 17.2 Å². The van der Waals surface area contributed by atoms with Gasteiger partial charge in [-0.25, -0.2) is 4.98 Å². The average molecular weight is 193 g/mol. The third-order valence-corrected chi connectivity index (χ3v) is 2.03. The van der Waals surface area contributed by atoms with Gasteiger partial charge in [-0.3, -0.25) is 0 Å². The molecule has 0 aliphatic rings. The molecule has 1 atom stereocenters. The lowest BCUT2D eigenvalue weighted by molar-refractivity contribution is 0.171. The number of ether oxygens (including phenoxy) is 1. The number of pyridine rings is 1. The first-order chi connectivity index (χ1) is 6.72. The molecule has 0 aromatic carbocycles. The molecule has 4 nitrogen and oxygen atoms in total. The quantitative estimate of drug-likeness (QED) is 0.791. The number of fused-ring (bicyclic) bond motifs is 1. The van der Waals surface area contributed by atoms with Crippen molar-refractivity contribution in [3.05, 3.63) is 24.1 Å². The van der Waals surface area contributed by atoms with Crippen LogP contribution in [-0.2, 0) is 0 Å². The SMILES string of the molecule is COc1nccc2cc(C(C)O)oc12. The summed E-state index contributed by atoms with van der Waals surface area (Å²) < 4.78 is 10.4. The summed E-state index contributed by atoms with van der Waals surface area (Å²) in [6, 6.07) is 3.59. The van der Waals surface area contributed by atoms with E-state index in [0.717, 1.165) is 5.39 Å². The minimum absolute atomic E-state index is 0.439. The maximum absolute atomic E-state index is 9.33. The van der Waals surface area contributed by atoms with Gasteiger partial charge < -0.3 is 14.3 Å². The van der Waals surface area contributed by atoms with Gasteiger partial charge in [-0.2, -0.15) is 0 Å². The molecule has 74 valence electrons. The summed E-state index contributed by atoms with van der Waals surface area (Å²) in [5, 5.41) is 10.2. The zero-order valence-electron chi connectivity index (χ0n) is 8.02. The van der Waals surface area contributed by atoms with Gasteiger partial charge in [0.05, 0.1) is 7.11 Å². The van der Waals surface area contributed by atoms with Crippen molar-refractivity contribution in [1.29, 1.82) is 0 Å². The first kappa shape index (κ1) is 9.02. The molecule has 14 heavy (non-hydrogen) atoms. The third-order valence-electron chi connectivity index (χ3n) is 2.03. The molecule has 1 N–H and O–H groups in total. The van der Waals surface area contributed by atoms with Gasteiger partial charge in [0, 0.05) is 11.6 Å². The van der Waals surface area contributed by atoms with Crippen LogP contribution in [0.25, 0.3) is 11.0 Å². The highest BCUT2D eigenvalue weighted by atomic mass is 16.5. The van der Waals surface area contributed by atoms with E-state index in [1.807, 2.05) is 6.07 Å². The lowest BCUT2D eigenvalue weighted by Gasteiger charge is -1.98. The third kappa shape index (κ3) is 1.33. The van der Waals surface area contributed by atoms with Crippen LogP contribution in [0.15, 0.2) is 22.7 Å². The molecular formula is C10H11NO3. The maximum atomic E-state index is 9.33. The number of aromatic nitrogens is 1. The van der Waals surface area contributed by atoms with Gasteiger partial charge >= 0.3 is 0 Å². The van der Waals surface area contributed by atoms with Crippen molar-refractivity contribution in [3.63, 3.8) is 0 Å². The predicted molar refractivity (Wildman–Crippen MR) is 51.2 cm³/mol. The highest BCUT2D eigenvalue weighted by Crippen LogP contribution is 2.28. The van der Waals surface area contributed by atoms with Crippen molar-refractivity contribution in [2.75, 3.05) is 7.11 Å². The van der Waals surface area contributed by atoms with Gasteiger partial charge in [-0.15, -0.1) is 0 Å². The largest absolute Gasteiger partial charge is 0.478 e. The topological polar surface area (TPSA) is 55.5 Å². The van der Waals surface area contributed by atoms with Crippen molar-refractivity contribution in [1.82, 2.24) is 4.98 Å². The number of nitrogens with zero attached hydrogens (tertiary/aromatic N) is 1. The molecule has 0 aliphatic carbocycles. The Morgan fingerprint density at radius 2 is 2.36 bits per heavy atom. The molecule has 2 rings (SSSR count). The summed E-state index contributed by atoms with van der Waals surface area (Å²) in [4.78, 5) is 4.00. The van der Waals surface area contributed by atoms with Crippen LogP contribution >= 0.6 is 0 Å². The first-order valence-electron chi connectivity index (χ1n) is 4.33. The van der Waals surface area contributed by atoms with Crippen molar-refractivity contribution in [2.24, 2.45) is 0 Å². The van der Waals surface area contributed by atoms with Gasteiger partial charge in [0.15, 0.2) is 5.58 Å². The van der Waals surface area contributed by atoms with Crippen LogP contribution in [0.4, 0.5) is 0 Å². The summed E-state index contributed by atoms with van der Waals surface area (Å²) in [5.74, 6) is 0.959. The van der Waals surface area contributed by atoms with Crippen LogP contribution in [-0.4, -0.2) is 17.2 Å². The fourth-order valence-electron chi connectivity index (χ4n) is 1.31. The molecule has 0 spiro atoms. The van der Waals surface area contributed by atoms with Crippen LogP contribution in [0.1, 0.15) is 18.8 Å². The number of aliphatic hydroxyl groups is 1. The van der Waals surface area contributed by atoms with Crippen LogP contribution in [0, 0.1) is 0 Å². The summed E-state index contributed by atoms with van der Waals surface area (Å²) in [5.41, 5.74) is 0.575. The van der Waals surface area contributed by atoms with Crippen molar-refractivity contribution in [3.8, 4) is 5.88 Å². The van der Waals surface area contributed by atoms with Gasteiger partial charge in [0.25, 0.3) is 5.88 Å². The zero-order valence-corrected chi connectivity index (χ0v) is 8.02. The van der Waals surface area contributed by atoms with Crippen LogP contribution in [0.5, 0.6) is 5.88 Å². The Hall–Kier alpha value is -1.55. The Kier molecular flexibility index (Phi) is 2.13. The Morgan fingerprint density at radius 3 is 3.00 bits per heavy atom. The minimum atomic E-state index is -0.618. The second-order valence-electron chi connectivity index (χ2n) is 3.06. The van der Waals surface area contributed by atoms with Gasteiger partial charge in [0.1, 0.15) is 11.9 Å². The summed E-state index contributed by atoms with van der Waals surface area (Å²) in [6.45, 7) is 1.65. The van der Waals surface area contributed by atoms with Crippen LogP contribution in [0.3, 0.4) is 0 Å². The highest BCUT2D eigenvalue weighted by Gasteiger charge is 2.12. The molecule has 0 fully saturated rings. The van der Waals surface area contributed by atoms with E-state index in [4.69, 9.17) is 9.15 Å². The zero-order chi connectivity index (χ0) is 10.1. The predicted octanol–water partition coefficient (Wildman–Crippen LogP) is 1.89. The molecule has 0 aliphatic heterocycles. The molecule has 0 saturated carbocycles. The lowest BCUT2D eigenvalue weighted by Crippen LogP contribution is -1.86.